The molecule has 0 aliphatic carbocycles. The number of rotatable bonds is 2. The lowest BCUT2D eigenvalue weighted by Gasteiger charge is -2.36. The molecule has 3 aromatic rings. The van der Waals surface area contributed by atoms with E-state index in [4.69, 9.17) is 11.6 Å². The number of benzene rings is 1. The van der Waals surface area contributed by atoms with Crippen LogP contribution in [0.15, 0.2) is 43.1 Å². The van der Waals surface area contributed by atoms with E-state index in [2.05, 4.69) is 29.7 Å². The van der Waals surface area contributed by atoms with Crippen LogP contribution in [0.1, 0.15) is 0 Å². The molecular weight excluding hydrogens is 312 g/mol. The van der Waals surface area contributed by atoms with Gasteiger partial charge in [-0.1, -0.05) is 11.6 Å². The van der Waals surface area contributed by atoms with Gasteiger partial charge < -0.3 is 9.80 Å². The fraction of sp³-hybridized carbons (Fsp3) is 0.250. The van der Waals surface area contributed by atoms with Crippen LogP contribution in [-0.4, -0.2) is 46.1 Å². The van der Waals surface area contributed by atoms with Crippen LogP contribution in [0.5, 0.6) is 0 Å². The molecule has 0 bridgehead atoms. The van der Waals surface area contributed by atoms with Crippen molar-refractivity contribution in [3.8, 4) is 0 Å². The second kappa shape index (κ2) is 5.96. The Balaban J connectivity index is 1.57. The summed E-state index contributed by atoms with van der Waals surface area (Å²) in [7, 11) is 0. The SMILES string of the molecule is Clc1ccc2c(N3CCN(c4cnccn4)CC3)ncnc2c1. The first-order valence-corrected chi connectivity index (χ1v) is 7.85. The third-order valence-corrected chi connectivity index (χ3v) is 4.27. The van der Waals surface area contributed by atoms with E-state index in [0.29, 0.717) is 5.02 Å². The average Bonchev–Trinajstić information content (AvgIpc) is 2.62. The molecule has 0 radical (unpaired) electrons. The van der Waals surface area contributed by atoms with Crippen LogP contribution in [0.3, 0.4) is 0 Å². The molecule has 1 saturated heterocycles. The van der Waals surface area contributed by atoms with Crippen molar-refractivity contribution in [2.75, 3.05) is 36.0 Å². The Morgan fingerprint density at radius 2 is 1.74 bits per heavy atom. The normalized spacial score (nSPS) is 15.2. The molecule has 4 rings (SSSR count). The van der Waals surface area contributed by atoms with Crippen LogP contribution >= 0.6 is 11.6 Å². The summed E-state index contributed by atoms with van der Waals surface area (Å²) in [6, 6.07) is 5.74. The standard InChI is InChI=1S/C16H15ClN6/c17-12-1-2-13-14(9-12)20-11-21-16(13)23-7-5-22(6-8-23)15-10-18-3-4-19-15/h1-4,9-11H,5-8H2. The van der Waals surface area contributed by atoms with Crippen LogP contribution in [-0.2, 0) is 0 Å². The lowest BCUT2D eigenvalue weighted by Crippen LogP contribution is -2.47. The Morgan fingerprint density at radius 1 is 0.913 bits per heavy atom. The van der Waals surface area contributed by atoms with Crippen LogP contribution in [0.2, 0.25) is 5.02 Å². The van der Waals surface area contributed by atoms with Gasteiger partial charge in [-0.15, -0.1) is 0 Å². The lowest BCUT2D eigenvalue weighted by atomic mass is 10.2. The van der Waals surface area contributed by atoms with E-state index < -0.39 is 0 Å². The topological polar surface area (TPSA) is 58.0 Å². The maximum Gasteiger partial charge on any atom is 0.147 e. The van der Waals surface area contributed by atoms with Crippen LogP contribution < -0.4 is 9.80 Å². The smallest absolute Gasteiger partial charge is 0.147 e. The number of fused-ring (bicyclic) bond motifs is 1. The molecule has 1 aliphatic rings. The average molecular weight is 327 g/mol. The number of aromatic nitrogens is 4. The Bertz CT molecular complexity index is 817. The molecule has 7 heteroatoms. The number of piperazine rings is 1. The summed E-state index contributed by atoms with van der Waals surface area (Å²) < 4.78 is 0. The molecule has 23 heavy (non-hydrogen) atoms. The summed E-state index contributed by atoms with van der Waals surface area (Å²) in [6.45, 7) is 3.53. The monoisotopic (exact) mass is 326 g/mol. The summed E-state index contributed by atoms with van der Waals surface area (Å²) in [5.41, 5.74) is 0.874. The molecule has 0 spiro atoms. The zero-order chi connectivity index (χ0) is 15.6. The van der Waals surface area contributed by atoms with Gasteiger partial charge in [-0.3, -0.25) is 4.98 Å². The van der Waals surface area contributed by atoms with Crippen LogP contribution in [0.4, 0.5) is 11.6 Å². The van der Waals surface area contributed by atoms with Crippen molar-refractivity contribution in [3.63, 3.8) is 0 Å². The highest BCUT2D eigenvalue weighted by Crippen LogP contribution is 2.26. The summed E-state index contributed by atoms with van der Waals surface area (Å²) in [5.74, 6) is 1.89. The van der Waals surface area contributed by atoms with Crippen molar-refractivity contribution in [1.82, 2.24) is 19.9 Å². The second-order valence-electron chi connectivity index (χ2n) is 5.40. The van der Waals surface area contributed by atoms with Crippen molar-refractivity contribution in [2.45, 2.75) is 0 Å². The van der Waals surface area contributed by atoms with Gasteiger partial charge in [0.05, 0.1) is 11.7 Å². The number of nitrogens with zero attached hydrogens (tertiary/aromatic N) is 6. The molecule has 0 atom stereocenters. The minimum Gasteiger partial charge on any atom is -0.352 e. The Hall–Kier alpha value is -2.47. The maximum atomic E-state index is 6.05. The third-order valence-electron chi connectivity index (χ3n) is 4.03. The molecule has 6 nitrogen and oxygen atoms in total. The molecule has 0 saturated carbocycles. The van der Waals surface area contributed by atoms with E-state index >= 15 is 0 Å². The Kier molecular flexibility index (Phi) is 3.67. The van der Waals surface area contributed by atoms with Crippen molar-refractivity contribution >= 4 is 34.1 Å². The highest BCUT2D eigenvalue weighted by molar-refractivity contribution is 6.31. The summed E-state index contributed by atoms with van der Waals surface area (Å²) in [5, 5.41) is 1.72. The van der Waals surface area contributed by atoms with Gasteiger partial charge in [0.25, 0.3) is 0 Å². The van der Waals surface area contributed by atoms with E-state index in [-0.39, 0.29) is 0 Å². The zero-order valence-electron chi connectivity index (χ0n) is 12.4. The van der Waals surface area contributed by atoms with Gasteiger partial charge in [-0.25, -0.2) is 15.0 Å². The first kappa shape index (κ1) is 14.1. The lowest BCUT2D eigenvalue weighted by molar-refractivity contribution is 0.642. The molecule has 3 heterocycles. The molecular formula is C16H15ClN6. The number of halogens is 1. The minimum atomic E-state index is 0.689. The van der Waals surface area contributed by atoms with Crippen molar-refractivity contribution in [1.29, 1.82) is 0 Å². The van der Waals surface area contributed by atoms with E-state index in [9.17, 15) is 0 Å². The number of anilines is 2. The molecule has 2 aromatic heterocycles. The van der Waals surface area contributed by atoms with Gasteiger partial charge in [0.15, 0.2) is 0 Å². The molecule has 116 valence electrons. The zero-order valence-corrected chi connectivity index (χ0v) is 13.2. The predicted molar refractivity (Wildman–Crippen MR) is 91.0 cm³/mol. The summed E-state index contributed by atoms with van der Waals surface area (Å²) >= 11 is 6.05. The van der Waals surface area contributed by atoms with Gasteiger partial charge >= 0.3 is 0 Å². The summed E-state index contributed by atoms with van der Waals surface area (Å²) in [4.78, 5) is 21.8. The van der Waals surface area contributed by atoms with Crippen LogP contribution in [0.25, 0.3) is 10.9 Å². The van der Waals surface area contributed by atoms with Gasteiger partial charge in [-0.05, 0) is 18.2 Å². The van der Waals surface area contributed by atoms with Gasteiger partial charge in [0, 0.05) is 49.0 Å². The molecule has 1 aliphatic heterocycles. The van der Waals surface area contributed by atoms with E-state index in [1.54, 1.807) is 24.9 Å². The van der Waals surface area contributed by atoms with Gasteiger partial charge in [-0.2, -0.15) is 0 Å². The van der Waals surface area contributed by atoms with Gasteiger partial charge in [0.2, 0.25) is 0 Å². The molecule has 0 amide bonds. The fourth-order valence-electron chi connectivity index (χ4n) is 2.87. The van der Waals surface area contributed by atoms with Crippen LogP contribution in [0, 0.1) is 0 Å². The quantitative estimate of drug-likeness (QED) is 0.720. The van der Waals surface area contributed by atoms with Gasteiger partial charge in [0.1, 0.15) is 18.0 Å². The highest BCUT2D eigenvalue weighted by atomic mass is 35.5. The number of hydrogen-bond acceptors (Lipinski definition) is 6. The Morgan fingerprint density at radius 3 is 2.52 bits per heavy atom. The minimum absolute atomic E-state index is 0.689. The summed E-state index contributed by atoms with van der Waals surface area (Å²) in [6.07, 6.45) is 6.82. The largest absolute Gasteiger partial charge is 0.352 e. The second-order valence-corrected chi connectivity index (χ2v) is 5.83. The van der Waals surface area contributed by atoms with E-state index in [1.165, 1.54) is 0 Å². The number of hydrogen-bond donors (Lipinski definition) is 0. The van der Waals surface area contributed by atoms with E-state index in [1.807, 2.05) is 18.2 Å². The maximum absolute atomic E-state index is 6.05. The predicted octanol–water partition coefficient (Wildman–Crippen LogP) is 2.40. The van der Waals surface area contributed by atoms with Crippen molar-refractivity contribution in [2.24, 2.45) is 0 Å². The molecule has 0 N–H and O–H groups in total. The first-order chi connectivity index (χ1) is 11.3. The van der Waals surface area contributed by atoms with Crippen molar-refractivity contribution in [3.05, 3.63) is 48.1 Å². The molecule has 1 fully saturated rings. The van der Waals surface area contributed by atoms with E-state index in [0.717, 1.165) is 48.7 Å². The molecule has 0 unspecified atom stereocenters. The fourth-order valence-corrected chi connectivity index (χ4v) is 3.04. The highest BCUT2D eigenvalue weighted by Gasteiger charge is 2.20. The molecule has 1 aromatic carbocycles. The third kappa shape index (κ3) is 2.77. The Labute approximate surface area is 138 Å². The van der Waals surface area contributed by atoms with Crippen molar-refractivity contribution < 1.29 is 0 Å². The first-order valence-electron chi connectivity index (χ1n) is 7.47.